The average Bonchev–Trinajstić information content (AvgIpc) is 3.05. The molecular formula is C15H18ClN3. The van der Waals surface area contributed by atoms with Gasteiger partial charge in [-0.1, -0.05) is 17.7 Å². The van der Waals surface area contributed by atoms with E-state index in [0.717, 1.165) is 29.1 Å². The molecule has 0 amide bonds. The summed E-state index contributed by atoms with van der Waals surface area (Å²) < 4.78 is 0. The van der Waals surface area contributed by atoms with Crippen LogP contribution in [0.1, 0.15) is 25.7 Å². The maximum atomic E-state index is 6.18. The molecule has 1 spiro atoms. The van der Waals surface area contributed by atoms with Crippen molar-refractivity contribution in [1.29, 1.82) is 0 Å². The summed E-state index contributed by atoms with van der Waals surface area (Å²) >= 11 is 6.14. The molecule has 2 aliphatic carbocycles. The predicted molar refractivity (Wildman–Crippen MR) is 78.6 cm³/mol. The van der Waals surface area contributed by atoms with Gasteiger partial charge in [0.25, 0.3) is 0 Å². The molecule has 1 heterocycles. The summed E-state index contributed by atoms with van der Waals surface area (Å²) in [7, 11) is 0. The lowest BCUT2D eigenvalue weighted by Gasteiger charge is -2.42. The lowest BCUT2D eigenvalue weighted by atomic mass is 9.80. The Bertz CT molecular complexity index is 556. The first-order valence-corrected chi connectivity index (χ1v) is 7.42. The van der Waals surface area contributed by atoms with Gasteiger partial charge in [-0.2, -0.15) is 0 Å². The van der Waals surface area contributed by atoms with E-state index in [2.05, 4.69) is 16.0 Å². The molecule has 4 heteroatoms. The molecule has 19 heavy (non-hydrogen) atoms. The number of aliphatic imine (C=N–C) groups is 1. The number of guanidine groups is 1. The van der Waals surface area contributed by atoms with Gasteiger partial charge < -0.3 is 10.6 Å². The highest BCUT2D eigenvalue weighted by atomic mass is 35.5. The van der Waals surface area contributed by atoms with Crippen LogP contribution in [0, 0.1) is 11.8 Å². The van der Waals surface area contributed by atoms with Crippen molar-refractivity contribution in [3.05, 3.63) is 29.3 Å². The lowest BCUT2D eigenvalue weighted by Crippen LogP contribution is -2.55. The van der Waals surface area contributed by atoms with Crippen molar-refractivity contribution in [2.24, 2.45) is 22.6 Å². The van der Waals surface area contributed by atoms with E-state index >= 15 is 0 Å². The van der Waals surface area contributed by atoms with Crippen LogP contribution >= 0.6 is 11.6 Å². The standard InChI is InChI=1S/C15H18ClN3/c16-12-2-1-3-13(7-12)19-14(17)18-9-15(19)8-10-4-5-11(15)6-10/h1-3,7,10-11H,4-6,8-9H2,(H2,17,18). The van der Waals surface area contributed by atoms with Gasteiger partial charge in [-0.15, -0.1) is 0 Å². The fraction of sp³-hybridized carbons (Fsp3) is 0.533. The molecule has 2 N–H and O–H groups in total. The van der Waals surface area contributed by atoms with Gasteiger partial charge in [0.1, 0.15) is 0 Å². The molecule has 3 atom stereocenters. The highest BCUT2D eigenvalue weighted by molar-refractivity contribution is 6.31. The van der Waals surface area contributed by atoms with Crippen LogP contribution in [-0.2, 0) is 0 Å². The fourth-order valence-corrected chi connectivity index (χ4v) is 4.66. The van der Waals surface area contributed by atoms with Crippen molar-refractivity contribution < 1.29 is 0 Å². The van der Waals surface area contributed by atoms with Crippen molar-refractivity contribution in [1.82, 2.24) is 0 Å². The van der Waals surface area contributed by atoms with E-state index in [-0.39, 0.29) is 5.54 Å². The third kappa shape index (κ3) is 1.54. The summed E-state index contributed by atoms with van der Waals surface area (Å²) in [5, 5.41) is 0.760. The number of fused-ring (bicyclic) bond motifs is 3. The van der Waals surface area contributed by atoms with Crippen molar-refractivity contribution >= 4 is 23.2 Å². The minimum absolute atomic E-state index is 0.137. The molecule has 1 aromatic rings. The number of benzene rings is 1. The Kier molecular flexibility index (Phi) is 2.37. The molecule has 1 aromatic carbocycles. The average molecular weight is 276 g/mol. The molecule has 0 aromatic heterocycles. The molecule has 3 aliphatic rings. The molecule has 2 bridgehead atoms. The Hall–Kier alpha value is -1.22. The summed E-state index contributed by atoms with van der Waals surface area (Å²) in [6, 6.07) is 7.99. The van der Waals surface area contributed by atoms with Crippen LogP contribution in [0.5, 0.6) is 0 Å². The van der Waals surface area contributed by atoms with Crippen LogP contribution < -0.4 is 10.6 Å². The van der Waals surface area contributed by atoms with Gasteiger partial charge in [-0.3, -0.25) is 4.99 Å². The van der Waals surface area contributed by atoms with Gasteiger partial charge in [0, 0.05) is 10.7 Å². The zero-order valence-electron chi connectivity index (χ0n) is 10.8. The van der Waals surface area contributed by atoms with Gasteiger partial charge in [-0.25, -0.2) is 0 Å². The number of hydrogen-bond acceptors (Lipinski definition) is 3. The maximum Gasteiger partial charge on any atom is 0.196 e. The predicted octanol–water partition coefficient (Wildman–Crippen LogP) is 3.03. The largest absolute Gasteiger partial charge is 0.369 e. The topological polar surface area (TPSA) is 41.6 Å². The molecule has 2 saturated carbocycles. The van der Waals surface area contributed by atoms with Gasteiger partial charge in [0.2, 0.25) is 0 Å². The summed E-state index contributed by atoms with van der Waals surface area (Å²) in [4.78, 5) is 6.82. The van der Waals surface area contributed by atoms with E-state index in [1.165, 1.54) is 25.7 Å². The zero-order chi connectivity index (χ0) is 13.0. The smallest absolute Gasteiger partial charge is 0.196 e. The van der Waals surface area contributed by atoms with Gasteiger partial charge >= 0.3 is 0 Å². The number of nitrogens with zero attached hydrogens (tertiary/aromatic N) is 2. The second-order valence-corrected chi connectivity index (χ2v) is 6.61. The third-order valence-corrected chi connectivity index (χ3v) is 5.43. The van der Waals surface area contributed by atoms with E-state index in [1.807, 2.05) is 18.2 Å². The number of nitrogens with two attached hydrogens (primary N) is 1. The van der Waals surface area contributed by atoms with Crippen LogP contribution in [-0.4, -0.2) is 18.0 Å². The molecule has 100 valence electrons. The monoisotopic (exact) mass is 275 g/mol. The molecule has 0 radical (unpaired) electrons. The molecule has 3 unspecified atom stereocenters. The minimum atomic E-state index is 0.137. The second-order valence-electron chi connectivity index (χ2n) is 6.17. The Balaban J connectivity index is 1.78. The van der Waals surface area contributed by atoms with Crippen molar-refractivity contribution in [3.63, 3.8) is 0 Å². The Morgan fingerprint density at radius 2 is 2.26 bits per heavy atom. The summed E-state index contributed by atoms with van der Waals surface area (Å²) in [6.45, 7) is 0.854. The van der Waals surface area contributed by atoms with Crippen LogP contribution in [0.3, 0.4) is 0 Å². The van der Waals surface area contributed by atoms with E-state index in [0.29, 0.717) is 5.96 Å². The quantitative estimate of drug-likeness (QED) is 0.856. The van der Waals surface area contributed by atoms with E-state index in [1.54, 1.807) is 0 Å². The summed E-state index contributed by atoms with van der Waals surface area (Å²) in [5.41, 5.74) is 7.41. The Morgan fingerprint density at radius 1 is 1.37 bits per heavy atom. The normalized spacial score (nSPS) is 36.3. The minimum Gasteiger partial charge on any atom is -0.369 e. The first-order valence-electron chi connectivity index (χ1n) is 7.05. The van der Waals surface area contributed by atoms with Crippen LogP contribution in [0.2, 0.25) is 5.02 Å². The highest BCUT2D eigenvalue weighted by Gasteiger charge is 2.57. The maximum absolute atomic E-state index is 6.18. The molecular weight excluding hydrogens is 258 g/mol. The summed E-state index contributed by atoms with van der Waals surface area (Å²) in [6.07, 6.45) is 5.29. The molecule has 3 nitrogen and oxygen atoms in total. The summed E-state index contributed by atoms with van der Waals surface area (Å²) in [5.74, 6) is 2.27. The zero-order valence-corrected chi connectivity index (χ0v) is 11.6. The number of halogens is 1. The van der Waals surface area contributed by atoms with Crippen LogP contribution in [0.4, 0.5) is 5.69 Å². The second kappa shape index (κ2) is 3.89. The Labute approximate surface area is 118 Å². The first-order chi connectivity index (χ1) is 9.19. The van der Waals surface area contributed by atoms with Crippen LogP contribution in [0.25, 0.3) is 0 Å². The van der Waals surface area contributed by atoms with E-state index in [9.17, 15) is 0 Å². The van der Waals surface area contributed by atoms with Crippen molar-refractivity contribution in [3.8, 4) is 0 Å². The Morgan fingerprint density at radius 3 is 2.95 bits per heavy atom. The fourth-order valence-electron chi connectivity index (χ4n) is 4.47. The van der Waals surface area contributed by atoms with Crippen molar-refractivity contribution in [2.75, 3.05) is 11.4 Å². The highest BCUT2D eigenvalue weighted by Crippen LogP contribution is 2.55. The molecule has 2 fully saturated rings. The molecule has 4 rings (SSSR count). The number of rotatable bonds is 1. The van der Waals surface area contributed by atoms with Crippen molar-refractivity contribution in [2.45, 2.75) is 31.2 Å². The number of hydrogen-bond donors (Lipinski definition) is 1. The van der Waals surface area contributed by atoms with Gasteiger partial charge in [0.15, 0.2) is 5.96 Å². The van der Waals surface area contributed by atoms with Crippen LogP contribution in [0.15, 0.2) is 29.3 Å². The van der Waals surface area contributed by atoms with Gasteiger partial charge in [-0.05, 0) is 55.7 Å². The number of anilines is 1. The molecule has 1 aliphatic heterocycles. The molecule has 0 saturated heterocycles. The van der Waals surface area contributed by atoms with E-state index < -0.39 is 0 Å². The van der Waals surface area contributed by atoms with Gasteiger partial charge in [0.05, 0.1) is 12.1 Å². The first kappa shape index (κ1) is 11.6. The van der Waals surface area contributed by atoms with E-state index in [4.69, 9.17) is 17.3 Å². The third-order valence-electron chi connectivity index (χ3n) is 5.20. The lowest BCUT2D eigenvalue weighted by molar-refractivity contribution is 0.293. The SMILES string of the molecule is NC1=NCC2(CC3CCC2C3)N1c1cccc(Cl)c1.